The van der Waals surface area contributed by atoms with E-state index in [1.807, 2.05) is 0 Å². The van der Waals surface area contributed by atoms with Gasteiger partial charge in [-0.3, -0.25) is 4.90 Å². The lowest BCUT2D eigenvalue weighted by atomic mass is 10.2. The molecular weight excluding hydrogens is 265 g/mol. The Morgan fingerprint density at radius 2 is 1.76 bits per heavy atom. The molecule has 1 amide bonds. The van der Waals surface area contributed by atoms with E-state index in [0.29, 0.717) is 0 Å². The quantitative estimate of drug-likeness (QED) is 0.740. The minimum absolute atomic E-state index is 0.0957. The second kappa shape index (κ2) is 5.06. The summed E-state index contributed by atoms with van der Waals surface area (Å²) in [6.45, 7) is 5.30. The van der Waals surface area contributed by atoms with Crippen LogP contribution < -0.4 is 4.90 Å². The number of hydrogen-bond acceptors (Lipinski definition) is 4. The minimum atomic E-state index is -0.597. The van der Waals surface area contributed by atoms with Crippen LogP contribution in [0.1, 0.15) is 20.8 Å². The van der Waals surface area contributed by atoms with E-state index in [1.165, 1.54) is 18.3 Å². The average Bonchev–Trinajstić information content (AvgIpc) is 2.14. The first-order valence-electron chi connectivity index (χ1n) is 4.85. The number of rotatable bonds is 1. The molecule has 7 heteroatoms. The second-order valence-electron chi connectivity index (χ2n) is 4.34. The van der Waals surface area contributed by atoms with Crippen molar-refractivity contribution in [3.8, 4) is 0 Å². The van der Waals surface area contributed by atoms with Gasteiger partial charge >= 0.3 is 6.09 Å². The summed E-state index contributed by atoms with van der Waals surface area (Å²) in [7, 11) is 1.49. The normalized spacial score (nSPS) is 11.2. The van der Waals surface area contributed by atoms with Crippen LogP contribution in [0.5, 0.6) is 0 Å². The summed E-state index contributed by atoms with van der Waals surface area (Å²) in [5.74, 6) is 0. The van der Waals surface area contributed by atoms with Gasteiger partial charge in [0.15, 0.2) is 10.3 Å². The lowest BCUT2D eigenvalue weighted by molar-refractivity contribution is 0.0589. The highest BCUT2D eigenvalue weighted by Gasteiger charge is 2.24. The van der Waals surface area contributed by atoms with Gasteiger partial charge in [-0.25, -0.2) is 14.8 Å². The molecule has 0 bridgehead atoms. The number of carbonyl (C=O) groups is 1. The predicted molar refractivity (Wildman–Crippen MR) is 66.7 cm³/mol. The maximum absolute atomic E-state index is 11.8. The molecule has 0 saturated heterocycles. The van der Waals surface area contributed by atoms with Crippen molar-refractivity contribution in [2.45, 2.75) is 26.4 Å². The van der Waals surface area contributed by atoms with Crippen LogP contribution in [0.15, 0.2) is 6.33 Å². The van der Waals surface area contributed by atoms with Gasteiger partial charge in [0.1, 0.15) is 17.6 Å². The molecule has 0 aliphatic heterocycles. The third-order valence-corrected chi connectivity index (χ3v) is 2.29. The molecule has 0 fully saturated rings. The molecule has 1 heterocycles. The van der Waals surface area contributed by atoms with Crippen molar-refractivity contribution in [1.29, 1.82) is 0 Å². The summed E-state index contributed by atoms with van der Waals surface area (Å²) < 4.78 is 5.18. The van der Waals surface area contributed by atoms with E-state index in [0.717, 1.165) is 0 Å². The van der Waals surface area contributed by atoms with E-state index >= 15 is 0 Å². The monoisotopic (exact) mass is 277 g/mol. The molecular formula is C10H13Cl2N3O2. The lowest BCUT2D eigenvalue weighted by Crippen LogP contribution is -2.34. The highest BCUT2D eigenvalue weighted by Crippen LogP contribution is 2.29. The first-order valence-corrected chi connectivity index (χ1v) is 5.60. The molecule has 1 aromatic rings. The number of anilines is 1. The molecule has 5 nitrogen and oxygen atoms in total. The molecule has 0 spiro atoms. The molecule has 0 aliphatic rings. The standard InChI is InChI=1S/C10H13Cl2N3O2/c1-10(2,3)17-9(16)15(4)6-7(11)13-5-14-8(6)12/h5H,1-4H3. The summed E-state index contributed by atoms with van der Waals surface area (Å²) in [6, 6.07) is 0. The van der Waals surface area contributed by atoms with Crippen molar-refractivity contribution in [2.24, 2.45) is 0 Å². The van der Waals surface area contributed by atoms with Gasteiger partial charge in [-0.05, 0) is 20.8 Å². The maximum atomic E-state index is 11.8. The van der Waals surface area contributed by atoms with Crippen LogP contribution in [0.2, 0.25) is 10.3 Å². The van der Waals surface area contributed by atoms with Crippen LogP contribution in [0.4, 0.5) is 10.5 Å². The molecule has 17 heavy (non-hydrogen) atoms. The minimum Gasteiger partial charge on any atom is -0.443 e. The number of halogens is 2. The number of aromatic nitrogens is 2. The SMILES string of the molecule is CN(C(=O)OC(C)(C)C)c1c(Cl)ncnc1Cl. The summed E-state index contributed by atoms with van der Waals surface area (Å²) >= 11 is 11.7. The first kappa shape index (κ1) is 14.0. The van der Waals surface area contributed by atoms with Gasteiger partial charge in [0.2, 0.25) is 0 Å². The van der Waals surface area contributed by atoms with E-state index in [4.69, 9.17) is 27.9 Å². The predicted octanol–water partition coefficient (Wildman–Crippen LogP) is 3.15. The Hall–Kier alpha value is -1.07. The van der Waals surface area contributed by atoms with Crippen LogP contribution in [0.3, 0.4) is 0 Å². The van der Waals surface area contributed by atoms with Gasteiger partial charge in [0, 0.05) is 7.05 Å². The fourth-order valence-electron chi connectivity index (χ4n) is 1.04. The van der Waals surface area contributed by atoms with Crippen LogP contribution in [-0.2, 0) is 4.74 Å². The Kier molecular flexibility index (Phi) is 4.16. The van der Waals surface area contributed by atoms with Crippen LogP contribution in [0, 0.1) is 0 Å². The molecule has 0 saturated carbocycles. The molecule has 1 rings (SSSR count). The van der Waals surface area contributed by atoms with E-state index in [1.54, 1.807) is 20.8 Å². The van der Waals surface area contributed by atoms with Gasteiger partial charge in [0.05, 0.1) is 0 Å². The highest BCUT2D eigenvalue weighted by atomic mass is 35.5. The molecule has 0 aromatic carbocycles. The van der Waals surface area contributed by atoms with Crippen molar-refractivity contribution in [3.63, 3.8) is 0 Å². The van der Waals surface area contributed by atoms with E-state index in [-0.39, 0.29) is 16.0 Å². The second-order valence-corrected chi connectivity index (χ2v) is 5.06. The number of nitrogens with zero attached hydrogens (tertiary/aromatic N) is 3. The van der Waals surface area contributed by atoms with Crippen LogP contribution in [-0.4, -0.2) is 28.7 Å². The average molecular weight is 278 g/mol. The van der Waals surface area contributed by atoms with Gasteiger partial charge in [-0.15, -0.1) is 0 Å². The summed E-state index contributed by atoms with van der Waals surface area (Å²) in [4.78, 5) is 20.5. The van der Waals surface area contributed by atoms with Crippen molar-refractivity contribution in [1.82, 2.24) is 9.97 Å². The smallest absolute Gasteiger partial charge is 0.414 e. The zero-order valence-corrected chi connectivity index (χ0v) is 11.5. The lowest BCUT2D eigenvalue weighted by Gasteiger charge is -2.25. The zero-order chi connectivity index (χ0) is 13.2. The van der Waals surface area contributed by atoms with Crippen LogP contribution in [0.25, 0.3) is 0 Å². The summed E-state index contributed by atoms with van der Waals surface area (Å²) in [5, 5.41) is 0.191. The number of hydrogen-bond donors (Lipinski definition) is 0. The third-order valence-electron chi connectivity index (χ3n) is 1.74. The molecule has 0 atom stereocenters. The van der Waals surface area contributed by atoms with Crippen LogP contribution >= 0.6 is 23.2 Å². The summed E-state index contributed by atoms with van der Waals surface area (Å²) in [5.41, 5.74) is -0.370. The molecule has 94 valence electrons. The Morgan fingerprint density at radius 3 is 2.18 bits per heavy atom. The van der Waals surface area contributed by atoms with E-state index < -0.39 is 11.7 Å². The fraction of sp³-hybridized carbons (Fsp3) is 0.500. The number of carbonyl (C=O) groups excluding carboxylic acids is 1. The van der Waals surface area contributed by atoms with Crippen molar-refractivity contribution < 1.29 is 9.53 Å². The van der Waals surface area contributed by atoms with Crippen molar-refractivity contribution >= 4 is 35.0 Å². The number of amides is 1. The van der Waals surface area contributed by atoms with Gasteiger partial charge in [0.25, 0.3) is 0 Å². The Balaban J connectivity index is 2.97. The first-order chi connectivity index (χ1) is 7.72. The molecule has 0 N–H and O–H groups in total. The number of ether oxygens (including phenoxy) is 1. The zero-order valence-electron chi connectivity index (χ0n) is 9.99. The maximum Gasteiger partial charge on any atom is 0.414 e. The fourth-order valence-corrected chi connectivity index (χ4v) is 1.60. The van der Waals surface area contributed by atoms with E-state index in [9.17, 15) is 4.79 Å². The van der Waals surface area contributed by atoms with Gasteiger partial charge < -0.3 is 4.74 Å². The molecule has 0 unspecified atom stereocenters. The largest absolute Gasteiger partial charge is 0.443 e. The molecule has 0 radical (unpaired) electrons. The van der Waals surface area contributed by atoms with Crippen molar-refractivity contribution in [2.75, 3.05) is 11.9 Å². The molecule has 1 aromatic heterocycles. The van der Waals surface area contributed by atoms with Gasteiger partial charge in [-0.2, -0.15) is 0 Å². The van der Waals surface area contributed by atoms with E-state index in [2.05, 4.69) is 9.97 Å². The molecule has 0 aliphatic carbocycles. The van der Waals surface area contributed by atoms with Crippen molar-refractivity contribution in [3.05, 3.63) is 16.6 Å². The Labute approximate surface area is 110 Å². The summed E-state index contributed by atoms with van der Waals surface area (Å²) in [6.07, 6.45) is 0.646. The Bertz CT molecular complexity index is 412. The topological polar surface area (TPSA) is 55.3 Å². The van der Waals surface area contributed by atoms with Gasteiger partial charge in [-0.1, -0.05) is 23.2 Å². The highest BCUT2D eigenvalue weighted by molar-refractivity contribution is 6.38. The third kappa shape index (κ3) is 3.71. The Morgan fingerprint density at radius 1 is 1.29 bits per heavy atom.